The van der Waals surface area contributed by atoms with Crippen LogP contribution < -0.4 is 5.73 Å². The van der Waals surface area contributed by atoms with Gasteiger partial charge in [-0.3, -0.25) is 9.97 Å². The second-order valence-electron chi connectivity index (χ2n) is 2.72. The van der Waals surface area contributed by atoms with Crippen LogP contribution in [0.1, 0.15) is 0 Å². The monoisotopic (exact) mass is 171 g/mol. The average molecular weight is 171 g/mol. The summed E-state index contributed by atoms with van der Waals surface area (Å²) in [5.41, 5.74) is 8.22. The molecule has 0 bridgehead atoms. The lowest BCUT2D eigenvalue weighted by Gasteiger charge is -1.99. The van der Waals surface area contributed by atoms with Gasteiger partial charge < -0.3 is 5.73 Å². The van der Waals surface area contributed by atoms with Gasteiger partial charge in [0.2, 0.25) is 0 Å². The van der Waals surface area contributed by atoms with E-state index in [1.807, 2.05) is 24.3 Å². The van der Waals surface area contributed by atoms with Gasteiger partial charge in [-0.1, -0.05) is 12.1 Å². The Morgan fingerprint density at radius 2 is 2.08 bits per heavy atom. The zero-order valence-electron chi connectivity index (χ0n) is 7.01. The fourth-order valence-electron chi connectivity index (χ4n) is 1.15. The van der Waals surface area contributed by atoms with Gasteiger partial charge in [0.1, 0.15) is 0 Å². The van der Waals surface area contributed by atoms with Crippen LogP contribution in [0.15, 0.2) is 42.9 Å². The summed E-state index contributed by atoms with van der Waals surface area (Å²) in [5, 5.41) is 0. The highest BCUT2D eigenvalue weighted by Crippen LogP contribution is 2.17. The highest BCUT2D eigenvalue weighted by atomic mass is 14.8. The van der Waals surface area contributed by atoms with Gasteiger partial charge in [0.25, 0.3) is 0 Å². The number of hydrogen-bond acceptors (Lipinski definition) is 3. The molecule has 0 radical (unpaired) electrons. The first-order valence-electron chi connectivity index (χ1n) is 3.98. The molecule has 0 aliphatic heterocycles. The van der Waals surface area contributed by atoms with Crippen molar-refractivity contribution in [3.63, 3.8) is 0 Å². The molecule has 13 heavy (non-hydrogen) atoms. The maximum Gasteiger partial charge on any atom is 0.0885 e. The van der Waals surface area contributed by atoms with Crippen LogP contribution in [0.25, 0.3) is 11.3 Å². The molecular weight excluding hydrogens is 162 g/mol. The summed E-state index contributed by atoms with van der Waals surface area (Å²) in [4.78, 5) is 8.16. The Hall–Kier alpha value is -1.90. The molecule has 0 fully saturated rings. The minimum atomic E-state index is 0.739. The van der Waals surface area contributed by atoms with E-state index in [0.717, 1.165) is 16.9 Å². The predicted molar refractivity (Wildman–Crippen MR) is 51.9 cm³/mol. The first-order valence-corrected chi connectivity index (χ1v) is 3.98. The van der Waals surface area contributed by atoms with E-state index < -0.39 is 0 Å². The maximum atomic E-state index is 5.65. The molecule has 0 saturated carbocycles. The van der Waals surface area contributed by atoms with Gasteiger partial charge >= 0.3 is 0 Å². The van der Waals surface area contributed by atoms with E-state index >= 15 is 0 Å². The van der Waals surface area contributed by atoms with Gasteiger partial charge in [0.15, 0.2) is 0 Å². The first kappa shape index (κ1) is 7.73. The number of anilines is 1. The van der Waals surface area contributed by atoms with Crippen LogP contribution in [0, 0.1) is 0 Å². The Morgan fingerprint density at radius 1 is 1.15 bits per heavy atom. The number of nitrogens with zero attached hydrogens (tertiary/aromatic N) is 2. The van der Waals surface area contributed by atoms with Gasteiger partial charge in [-0.05, 0) is 12.1 Å². The lowest BCUT2D eigenvalue weighted by molar-refractivity contribution is 1.21. The molecule has 0 atom stereocenters. The summed E-state index contributed by atoms with van der Waals surface area (Å²) in [6.07, 6.45) is 5.03. The molecule has 0 aliphatic rings. The van der Waals surface area contributed by atoms with Crippen molar-refractivity contribution >= 4 is 5.69 Å². The molecule has 0 saturated heterocycles. The van der Waals surface area contributed by atoms with Gasteiger partial charge in [-0.25, -0.2) is 0 Å². The number of nitrogens with two attached hydrogens (primary N) is 1. The quantitative estimate of drug-likeness (QED) is 0.665. The van der Waals surface area contributed by atoms with Crippen LogP contribution in [0.2, 0.25) is 0 Å². The van der Waals surface area contributed by atoms with Gasteiger partial charge in [-0.2, -0.15) is 0 Å². The molecule has 0 amide bonds. The SMILES string of the molecule is Nc1cccc(-c2cnccn2)c1. The van der Waals surface area contributed by atoms with Crippen molar-refractivity contribution in [2.24, 2.45) is 0 Å². The van der Waals surface area contributed by atoms with E-state index in [0.29, 0.717) is 0 Å². The van der Waals surface area contributed by atoms with E-state index in [1.165, 1.54) is 0 Å². The number of hydrogen-bond donors (Lipinski definition) is 1. The molecule has 64 valence electrons. The lowest BCUT2D eigenvalue weighted by atomic mass is 10.1. The Labute approximate surface area is 76.3 Å². The van der Waals surface area contributed by atoms with Crippen molar-refractivity contribution in [2.75, 3.05) is 5.73 Å². The summed E-state index contributed by atoms with van der Waals surface area (Å²) in [6, 6.07) is 7.59. The van der Waals surface area contributed by atoms with Crippen LogP contribution in [-0.2, 0) is 0 Å². The van der Waals surface area contributed by atoms with Gasteiger partial charge in [-0.15, -0.1) is 0 Å². The molecule has 3 nitrogen and oxygen atoms in total. The summed E-state index contributed by atoms with van der Waals surface area (Å²) < 4.78 is 0. The molecule has 1 heterocycles. The number of benzene rings is 1. The van der Waals surface area contributed by atoms with Crippen LogP contribution in [0.4, 0.5) is 5.69 Å². The molecule has 0 aliphatic carbocycles. The van der Waals surface area contributed by atoms with E-state index in [1.54, 1.807) is 18.6 Å². The van der Waals surface area contributed by atoms with Crippen molar-refractivity contribution in [3.05, 3.63) is 42.9 Å². The molecule has 2 rings (SSSR count). The lowest BCUT2D eigenvalue weighted by Crippen LogP contribution is -1.87. The zero-order chi connectivity index (χ0) is 9.10. The van der Waals surface area contributed by atoms with Gasteiger partial charge in [0, 0.05) is 23.6 Å². The average Bonchev–Trinajstić information content (AvgIpc) is 2.19. The summed E-state index contributed by atoms with van der Waals surface area (Å²) in [7, 11) is 0. The highest BCUT2D eigenvalue weighted by Gasteiger charge is 1.97. The second-order valence-corrected chi connectivity index (χ2v) is 2.72. The van der Waals surface area contributed by atoms with Crippen molar-refractivity contribution in [1.82, 2.24) is 9.97 Å². The number of aromatic nitrogens is 2. The van der Waals surface area contributed by atoms with Crippen LogP contribution >= 0.6 is 0 Å². The standard InChI is InChI=1S/C10H9N3/c11-9-3-1-2-8(6-9)10-7-12-4-5-13-10/h1-7H,11H2. The Bertz CT molecular complexity index is 398. The summed E-state index contributed by atoms with van der Waals surface area (Å²) in [5.74, 6) is 0. The molecule has 0 spiro atoms. The smallest absolute Gasteiger partial charge is 0.0885 e. The highest BCUT2D eigenvalue weighted by molar-refractivity contribution is 5.62. The van der Waals surface area contributed by atoms with E-state index in [2.05, 4.69) is 9.97 Å². The maximum absolute atomic E-state index is 5.65. The third-order valence-electron chi connectivity index (χ3n) is 1.75. The van der Waals surface area contributed by atoms with Crippen molar-refractivity contribution in [3.8, 4) is 11.3 Å². The fraction of sp³-hybridized carbons (Fsp3) is 0. The molecule has 2 N–H and O–H groups in total. The van der Waals surface area contributed by atoms with Crippen LogP contribution in [0.5, 0.6) is 0 Å². The Balaban J connectivity index is 2.48. The van der Waals surface area contributed by atoms with Crippen LogP contribution in [0.3, 0.4) is 0 Å². The number of rotatable bonds is 1. The second kappa shape index (κ2) is 3.23. The summed E-state index contributed by atoms with van der Waals surface area (Å²) >= 11 is 0. The summed E-state index contributed by atoms with van der Waals surface area (Å²) in [6.45, 7) is 0. The molecule has 1 aromatic carbocycles. The van der Waals surface area contributed by atoms with E-state index in [-0.39, 0.29) is 0 Å². The Morgan fingerprint density at radius 3 is 2.77 bits per heavy atom. The molecule has 1 aromatic heterocycles. The van der Waals surface area contributed by atoms with Crippen molar-refractivity contribution < 1.29 is 0 Å². The predicted octanol–water partition coefficient (Wildman–Crippen LogP) is 1.73. The zero-order valence-corrected chi connectivity index (χ0v) is 7.01. The molecule has 3 heteroatoms. The normalized spacial score (nSPS) is 9.85. The fourth-order valence-corrected chi connectivity index (χ4v) is 1.15. The first-order chi connectivity index (χ1) is 6.36. The van der Waals surface area contributed by atoms with E-state index in [9.17, 15) is 0 Å². The van der Waals surface area contributed by atoms with Crippen LogP contribution in [-0.4, -0.2) is 9.97 Å². The largest absolute Gasteiger partial charge is 0.399 e. The minimum absolute atomic E-state index is 0.739. The minimum Gasteiger partial charge on any atom is -0.399 e. The molecule has 2 aromatic rings. The third-order valence-corrected chi connectivity index (χ3v) is 1.75. The third kappa shape index (κ3) is 1.64. The van der Waals surface area contributed by atoms with Crippen molar-refractivity contribution in [1.29, 1.82) is 0 Å². The van der Waals surface area contributed by atoms with Crippen molar-refractivity contribution in [2.45, 2.75) is 0 Å². The number of nitrogen functional groups attached to an aromatic ring is 1. The Kier molecular flexibility index (Phi) is 1.92. The molecule has 0 unspecified atom stereocenters. The molecular formula is C10H9N3. The van der Waals surface area contributed by atoms with E-state index in [4.69, 9.17) is 5.73 Å². The topological polar surface area (TPSA) is 51.8 Å². The van der Waals surface area contributed by atoms with Gasteiger partial charge in [0.05, 0.1) is 11.9 Å².